The van der Waals surface area contributed by atoms with Gasteiger partial charge in [0.1, 0.15) is 17.8 Å². The van der Waals surface area contributed by atoms with E-state index >= 15 is 0 Å². The highest BCUT2D eigenvalue weighted by Gasteiger charge is 2.31. The van der Waals surface area contributed by atoms with Crippen LogP contribution < -0.4 is 21.7 Å². The van der Waals surface area contributed by atoms with Crippen molar-refractivity contribution in [2.75, 3.05) is 11.5 Å². The Hall–Kier alpha value is -2.48. The van der Waals surface area contributed by atoms with Crippen molar-refractivity contribution in [1.82, 2.24) is 16.0 Å². The Kier molecular flexibility index (Phi) is 11.3. The molecule has 32 heavy (non-hydrogen) atoms. The summed E-state index contributed by atoms with van der Waals surface area (Å²) in [5, 5.41) is 35.1. The maximum Gasteiger partial charge on any atom is 0.328 e. The molecule has 11 nitrogen and oxygen atoms in total. The smallest absolute Gasteiger partial charge is 0.328 e. The molecule has 0 heterocycles. The fraction of sp³-hybridized carbons (Fsp3) is 0.474. The van der Waals surface area contributed by atoms with Gasteiger partial charge in [-0.1, -0.05) is 12.1 Å². The number of nitrogens with one attached hydrogen (secondary N) is 3. The molecule has 13 heteroatoms. The van der Waals surface area contributed by atoms with Gasteiger partial charge in [0.05, 0.1) is 12.1 Å². The van der Waals surface area contributed by atoms with Gasteiger partial charge in [0, 0.05) is 17.9 Å². The van der Waals surface area contributed by atoms with E-state index in [0.29, 0.717) is 5.56 Å². The second-order valence-corrected chi connectivity index (χ2v) is 7.76. The highest BCUT2D eigenvalue weighted by Crippen LogP contribution is 2.12. The minimum absolute atomic E-state index is 0.0173. The van der Waals surface area contributed by atoms with Gasteiger partial charge in [0.15, 0.2) is 6.04 Å². The first-order valence-electron chi connectivity index (χ1n) is 9.57. The van der Waals surface area contributed by atoms with Crippen LogP contribution >= 0.6 is 25.3 Å². The van der Waals surface area contributed by atoms with Gasteiger partial charge in [-0.15, -0.1) is 0 Å². The van der Waals surface area contributed by atoms with Gasteiger partial charge in [0.25, 0.3) is 0 Å². The number of aliphatic hydroxyl groups is 1. The topological polar surface area (TPSA) is 191 Å². The normalized spacial score (nSPS) is 15.5. The summed E-state index contributed by atoms with van der Waals surface area (Å²) in [7, 11) is 0. The van der Waals surface area contributed by atoms with E-state index in [1.54, 1.807) is 12.1 Å². The maximum atomic E-state index is 12.9. The number of nitrogens with two attached hydrogens (primary N) is 1. The summed E-state index contributed by atoms with van der Waals surface area (Å²) < 4.78 is 0. The number of phenols is 1. The number of carbonyl (C=O) groups is 4. The molecule has 5 unspecified atom stereocenters. The monoisotopic (exact) mass is 488 g/mol. The lowest BCUT2D eigenvalue weighted by Gasteiger charge is -2.25. The molecule has 0 spiro atoms. The molecule has 0 saturated carbocycles. The van der Waals surface area contributed by atoms with Gasteiger partial charge in [0.2, 0.25) is 17.7 Å². The zero-order valence-corrected chi connectivity index (χ0v) is 19.1. The molecule has 178 valence electrons. The lowest BCUT2D eigenvalue weighted by Crippen LogP contribution is -2.59. The molecule has 0 fully saturated rings. The minimum Gasteiger partial charge on any atom is -0.508 e. The molecule has 1 rings (SSSR count). The van der Waals surface area contributed by atoms with Crippen molar-refractivity contribution in [1.29, 1.82) is 0 Å². The van der Waals surface area contributed by atoms with Crippen molar-refractivity contribution < 1.29 is 34.5 Å². The van der Waals surface area contributed by atoms with Crippen LogP contribution in [0.1, 0.15) is 12.5 Å². The Morgan fingerprint density at radius 3 is 1.94 bits per heavy atom. The Morgan fingerprint density at radius 1 is 0.938 bits per heavy atom. The number of rotatable bonds is 12. The maximum absolute atomic E-state index is 12.9. The van der Waals surface area contributed by atoms with Crippen LogP contribution in [0.3, 0.4) is 0 Å². The van der Waals surface area contributed by atoms with Crippen LogP contribution in [0.5, 0.6) is 5.75 Å². The van der Waals surface area contributed by atoms with Crippen LogP contribution in [-0.4, -0.2) is 80.8 Å². The van der Waals surface area contributed by atoms with E-state index in [1.165, 1.54) is 19.1 Å². The standard InChI is InChI=1S/C19H28N4O7S2/c1-9(24)15(19(29)30)23-18(28)14(8-32)22-17(27)13(21-16(26)12(20)7-31)6-10-2-4-11(25)5-3-10/h2-5,9,12-15,24-25,31-32H,6-8,20H2,1H3,(H,21,26)(H,22,27)(H,23,28)(H,29,30). The molecule has 0 bridgehead atoms. The average Bonchev–Trinajstić information content (AvgIpc) is 2.75. The van der Waals surface area contributed by atoms with Crippen molar-refractivity contribution in [3.05, 3.63) is 29.8 Å². The molecule has 8 N–H and O–H groups in total. The van der Waals surface area contributed by atoms with Crippen LogP contribution in [0.25, 0.3) is 0 Å². The Morgan fingerprint density at radius 2 is 1.47 bits per heavy atom. The molecule has 0 aromatic heterocycles. The third kappa shape index (κ3) is 8.57. The number of hydrogen-bond acceptors (Lipinski definition) is 9. The Balaban J connectivity index is 2.99. The number of amides is 3. The van der Waals surface area contributed by atoms with E-state index in [1.807, 2.05) is 0 Å². The third-order valence-corrected chi connectivity index (χ3v) is 5.16. The molecule has 1 aromatic rings. The first-order chi connectivity index (χ1) is 15.0. The molecule has 1 aromatic carbocycles. The van der Waals surface area contributed by atoms with E-state index in [4.69, 9.17) is 10.8 Å². The number of carboxylic acids is 1. The summed E-state index contributed by atoms with van der Waals surface area (Å²) in [6.07, 6.45) is -1.36. The average molecular weight is 489 g/mol. The molecule has 0 aliphatic rings. The highest BCUT2D eigenvalue weighted by atomic mass is 32.1. The summed E-state index contributed by atoms with van der Waals surface area (Å²) in [5.74, 6) is -3.81. The minimum atomic E-state index is -1.58. The van der Waals surface area contributed by atoms with Crippen molar-refractivity contribution in [2.45, 2.75) is 43.6 Å². The van der Waals surface area contributed by atoms with Crippen molar-refractivity contribution in [2.24, 2.45) is 5.73 Å². The van der Waals surface area contributed by atoms with E-state index in [2.05, 4.69) is 41.2 Å². The van der Waals surface area contributed by atoms with Gasteiger partial charge in [-0.25, -0.2) is 4.79 Å². The zero-order chi connectivity index (χ0) is 24.4. The second-order valence-electron chi connectivity index (χ2n) is 7.03. The van der Waals surface area contributed by atoms with Gasteiger partial charge in [-0.05, 0) is 24.6 Å². The largest absolute Gasteiger partial charge is 0.508 e. The van der Waals surface area contributed by atoms with Gasteiger partial charge >= 0.3 is 5.97 Å². The number of hydrogen-bond donors (Lipinski definition) is 9. The summed E-state index contributed by atoms with van der Waals surface area (Å²) in [5.41, 5.74) is 6.26. The lowest BCUT2D eigenvalue weighted by atomic mass is 10.0. The Bertz CT molecular complexity index is 807. The summed E-state index contributed by atoms with van der Waals surface area (Å²) in [4.78, 5) is 48.7. The first-order valence-corrected chi connectivity index (χ1v) is 10.8. The highest BCUT2D eigenvalue weighted by molar-refractivity contribution is 7.80. The fourth-order valence-corrected chi connectivity index (χ4v) is 2.97. The molecule has 3 amide bonds. The molecule has 0 radical (unpaired) electrons. The molecular formula is C19H28N4O7S2. The van der Waals surface area contributed by atoms with E-state index in [0.717, 1.165) is 0 Å². The number of aliphatic carboxylic acids is 1. The number of carboxylic acid groups (broad SMARTS) is 1. The van der Waals surface area contributed by atoms with Crippen molar-refractivity contribution >= 4 is 48.9 Å². The van der Waals surface area contributed by atoms with Crippen LogP contribution in [0.4, 0.5) is 0 Å². The predicted octanol–water partition coefficient (Wildman–Crippen LogP) is -1.96. The van der Waals surface area contributed by atoms with Gasteiger partial charge < -0.3 is 37.0 Å². The van der Waals surface area contributed by atoms with Crippen molar-refractivity contribution in [3.63, 3.8) is 0 Å². The number of aromatic hydroxyl groups is 1. The van der Waals surface area contributed by atoms with E-state index < -0.39 is 54.0 Å². The van der Waals surface area contributed by atoms with Crippen molar-refractivity contribution in [3.8, 4) is 5.75 Å². The molecule has 0 aliphatic carbocycles. The first kappa shape index (κ1) is 27.6. The number of benzene rings is 1. The molecule has 0 aliphatic heterocycles. The van der Waals surface area contributed by atoms with Gasteiger partial charge in [-0.3, -0.25) is 14.4 Å². The zero-order valence-electron chi connectivity index (χ0n) is 17.3. The van der Waals surface area contributed by atoms with E-state index in [9.17, 15) is 29.4 Å². The summed E-state index contributed by atoms with van der Waals surface area (Å²) in [6, 6.07) is 1.01. The van der Waals surface area contributed by atoms with Crippen LogP contribution in [0.2, 0.25) is 0 Å². The predicted molar refractivity (Wildman–Crippen MR) is 123 cm³/mol. The van der Waals surface area contributed by atoms with Crippen LogP contribution in [0.15, 0.2) is 24.3 Å². The number of aliphatic hydroxyl groups excluding tert-OH is 1. The molecule has 0 saturated heterocycles. The number of carbonyl (C=O) groups excluding carboxylic acids is 3. The van der Waals surface area contributed by atoms with E-state index in [-0.39, 0.29) is 23.7 Å². The fourth-order valence-electron chi connectivity index (χ4n) is 2.55. The number of thiol groups is 2. The SMILES string of the molecule is CC(O)C(NC(=O)C(CS)NC(=O)C(Cc1ccc(O)cc1)NC(=O)C(N)CS)C(=O)O. The quantitative estimate of drug-likeness (QED) is 0.151. The van der Waals surface area contributed by atoms with Crippen LogP contribution in [0, 0.1) is 0 Å². The second kappa shape index (κ2) is 13.2. The summed E-state index contributed by atoms with van der Waals surface area (Å²) >= 11 is 7.98. The number of phenolic OH excluding ortho intramolecular Hbond substituents is 1. The molecular weight excluding hydrogens is 460 g/mol. The summed E-state index contributed by atoms with van der Waals surface area (Å²) in [6.45, 7) is 1.20. The Labute approximate surface area is 196 Å². The molecule has 5 atom stereocenters. The lowest BCUT2D eigenvalue weighted by molar-refractivity contribution is -0.145. The van der Waals surface area contributed by atoms with Crippen LogP contribution in [-0.2, 0) is 25.6 Å². The van der Waals surface area contributed by atoms with Gasteiger partial charge in [-0.2, -0.15) is 25.3 Å². The third-order valence-electron chi connectivity index (χ3n) is 4.40.